The molecule has 2 aromatic rings. The standard InChI is InChI=1S/C18H21NO3/c1-3-22-18(20)15-10-14-9-8-13(12-6-4-5-7-12)11-16(14)19-17(15)21-2/h8-12H,3-7H2,1-2H3. The Bertz CT molecular complexity index is 690. The number of methoxy groups -OCH3 is 1. The Morgan fingerprint density at radius 2 is 2.05 bits per heavy atom. The molecule has 1 saturated carbocycles. The molecule has 0 radical (unpaired) electrons. The van der Waals surface area contributed by atoms with Crippen LogP contribution < -0.4 is 4.74 Å². The monoisotopic (exact) mass is 299 g/mol. The lowest BCUT2D eigenvalue weighted by Gasteiger charge is -2.12. The molecule has 0 spiro atoms. The molecule has 1 heterocycles. The SMILES string of the molecule is CCOC(=O)c1cc2ccc(C3CCCC3)cc2nc1OC. The van der Waals surface area contributed by atoms with E-state index in [1.54, 1.807) is 13.0 Å². The summed E-state index contributed by atoms with van der Waals surface area (Å²) in [6, 6.07) is 8.12. The molecule has 0 atom stereocenters. The Balaban J connectivity index is 2.02. The van der Waals surface area contributed by atoms with Crippen molar-refractivity contribution in [3.63, 3.8) is 0 Å². The van der Waals surface area contributed by atoms with Crippen LogP contribution in [-0.4, -0.2) is 24.7 Å². The summed E-state index contributed by atoms with van der Waals surface area (Å²) in [7, 11) is 1.53. The Kier molecular flexibility index (Phi) is 4.27. The summed E-state index contributed by atoms with van der Waals surface area (Å²) >= 11 is 0. The van der Waals surface area contributed by atoms with E-state index >= 15 is 0 Å². The van der Waals surface area contributed by atoms with Crippen molar-refractivity contribution in [2.75, 3.05) is 13.7 Å². The van der Waals surface area contributed by atoms with Gasteiger partial charge in [0.2, 0.25) is 5.88 Å². The molecular weight excluding hydrogens is 278 g/mol. The third kappa shape index (κ3) is 2.78. The summed E-state index contributed by atoms with van der Waals surface area (Å²) in [4.78, 5) is 16.5. The molecule has 1 fully saturated rings. The molecule has 0 bridgehead atoms. The number of carbonyl (C=O) groups is 1. The van der Waals surface area contributed by atoms with Gasteiger partial charge in [0.25, 0.3) is 0 Å². The number of hydrogen-bond acceptors (Lipinski definition) is 4. The van der Waals surface area contributed by atoms with E-state index in [1.165, 1.54) is 38.4 Å². The van der Waals surface area contributed by atoms with Crippen LogP contribution in [0, 0.1) is 0 Å². The van der Waals surface area contributed by atoms with Gasteiger partial charge in [-0.2, -0.15) is 0 Å². The number of ether oxygens (including phenoxy) is 2. The average Bonchev–Trinajstić information content (AvgIpc) is 3.07. The first-order valence-electron chi connectivity index (χ1n) is 7.88. The topological polar surface area (TPSA) is 48.4 Å². The van der Waals surface area contributed by atoms with E-state index < -0.39 is 5.97 Å². The van der Waals surface area contributed by atoms with Crippen molar-refractivity contribution in [2.24, 2.45) is 0 Å². The van der Waals surface area contributed by atoms with E-state index in [1.807, 2.05) is 6.07 Å². The van der Waals surface area contributed by atoms with Gasteiger partial charge in [0, 0.05) is 5.39 Å². The largest absolute Gasteiger partial charge is 0.480 e. The van der Waals surface area contributed by atoms with Gasteiger partial charge in [-0.15, -0.1) is 0 Å². The number of nitrogens with zero attached hydrogens (tertiary/aromatic N) is 1. The number of pyridine rings is 1. The first-order valence-corrected chi connectivity index (χ1v) is 7.88. The lowest BCUT2D eigenvalue weighted by molar-refractivity contribution is 0.0522. The van der Waals surface area contributed by atoms with Crippen LogP contribution in [0.3, 0.4) is 0 Å². The number of carbonyl (C=O) groups excluding carboxylic acids is 1. The lowest BCUT2D eigenvalue weighted by atomic mass is 9.96. The zero-order chi connectivity index (χ0) is 15.5. The third-order valence-electron chi connectivity index (χ3n) is 4.32. The summed E-state index contributed by atoms with van der Waals surface area (Å²) in [6.45, 7) is 2.12. The summed E-state index contributed by atoms with van der Waals surface area (Å²) in [5.74, 6) is 0.574. The van der Waals surface area contributed by atoms with Gasteiger partial charge < -0.3 is 9.47 Å². The summed E-state index contributed by atoms with van der Waals surface area (Å²) in [6.07, 6.45) is 5.12. The van der Waals surface area contributed by atoms with Gasteiger partial charge >= 0.3 is 5.97 Å². The maximum Gasteiger partial charge on any atom is 0.343 e. The molecule has 1 aliphatic rings. The van der Waals surface area contributed by atoms with Crippen molar-refractivity contribution in [2.45, 2.75) is 38.5 Å². The van der Waals surface area contributed by atoms with Crippen molar-refractivity contribution in [3.05, 3.63) is 35.4 Å². The fourth-order valence-corrected chi connectivity index (χ4v) is 3.19. The number of aromatic nitrogens is 1. The second kappa shape index (κ2) is 6.34. The minimum absolute atomic E-state index is 0.328. The van der Waals surface area contributed by atoms with Crippen LogP contribution in [0.15, 0.2) is 24.3 Å². The van der Waals surface area contributed by atoms with Crippen molar-refractivity contribution in [1.29, 1.82) is 0 Å². The molecule has 22 heavy (non-hydrogen) atoms. The Morgan fingerprint density at radius 3 is 2.73 bits per heavy atom. The fraction of sp³-hybridized carbons (Fsp3) is 0.444. The van der Waals surface area contributed by atoms with Crippen LogP contribution >= 0.6 is 0 Å². The van der Waals surface area contributed by atoms with Crippen LogP contribution in [0.2, 0.25) is 0 Å². The van der Waals surface area contributed by atoms with Crippen molar-refractivity contribution in [1.82, 2.24) is 4.98 Å². The quantitative estimate of drug-likeness (QED) is 0.798. The minimum Gasteiger partial charge on any atom is -0.480 e. The van der Waals surface area contributed by atoms with E-state index in [2.05, 4.69) is 17.1 Å². The molecule has 3 rings (SSSR count). The first kappa shape index (κ1) is 14.8. The number of fused-ring (bicyclic) bond motifs is 1. The molecule has 0 N–H and O–H groups in total. The van der Waals surface area contributed by atoms with Crippen molar-refractivity contribution < 1.29 is 14.3 Å². The molecule has 4 nitrogen and oxygen atoms in total. The second-order valence-corrected chi connectivity index (χ2v) is 5.70. The number of benzene rings is 1. The molecular formula is C18H21NO3. The van der Waals surface area contributed by atoms with Gasteiger partial charge in [0.05, 0.1) is 19.2 Å². The second-order valence-electron chi connectivity index (χ2n) is 5.70. The van der Waals surface area contributed by atoms with E-state index in [-0.39, 0.29) is 0 Å². The van der Waals surface area contributed by atoms with Crippen LogP contribution in [0.4, 0.5) is 0 Å². The van der Waals surface area contributed by atoms with Gasteiger partial charge in [-0.25, -0.2) is 9.78 Å². The molecule has 116 valence electrons. The predicted molar refractivity (Wildman–Crippen MR) is 85.5 cm³/mol. The van der Waals surface area contributed by atoms with Gasteiger partial charge in [-0.1, -0.05) is 25.0 Å². The van der Waals surface area contributed by atoms with E-state index in [0.717, 1.165) is 10.9 Å². The van der Waals surface area contributed by atoms with Crippen LogP contribution in [-0.2, 0) is 4.74 Å². The van der Waals surface area contributed by atoms with E-state index in [4.69, 9.17) is 9.47 Å². The maximum atomic E-state index is 12.0. The summed E-state index contributed by atoms with van der Waals surface area (Å²) in [5, 5.41) is 0.936. The zero-order valence-corrected chi connectivity index (χ0v) is 13.1. The molecule has 0 unspecified atom stereocenters. The van der Waals surface area contributed by atoms with Crippen molar-refractivity contribution >= 4 is 16.9 Å². The Morgan fingerprint density at radius 1 is 1.27 bits per heavy atom. The van der Waals surface area contributed by atoms with Gasteiger partial charge in [-0.3, -0.25) is 0 Å². The fourth-order valence-electron chi connectivity index (χ4n) is 3.19. The normalized spacial score (nSPS) is 15.2. The zero-order valence-electron chi connectivity index (χ0n) is 13.1. The lowest BCUT2D eigenvalue weighted by Crippen LogP contribution is -2.08. The minimum atomic E-state index is -0.395. The highest BCUT2D eigenvalue weighted by Crippen LogP contribution is 2.35. The Hall–Kier alpha value is -2.10. The molecule has 4 heteroatoms. The van der Waals surface area contributed by atoms with Crippen molar-refractivity contribution in [3.8, 4) is 5.88 Å². The third-order valence-corrected chi connectivity index (χ3v) is 4.32. The van der Waals surface area contributed by atoms with Crippen LogP contribution in [0.25, 0.3) is 10.9 Å². The summed E-state index contributed by atoms with van der Waals surface area (Å²) < 4.78 is 10.3. The molecule has 1 aromatic heterocycles. The molecule has 1 aromatic carbocycles. The van der Waals surface area contributed by atoms with Crippen LogP contribution in [0.5, 0.6) is 5.88 Å². The summed E-state index contributed by atoms with van der Waals surface area (Å²) in [5.41, 5.74) is 2.59. The van der Waals surface area contributed by atoms with E-state index in [0.29, 0.717) is 24.0 Å². The first-order chi connectivity index (χ1) is 10.7. The predicted octanol–water partition coefficient (Wildman–Crippen LogP) is 4.08. The highest BCUT2D eigenvalue weighted by molar-refractivity contribution is 5.96. The molecule has 0 saturated heterocycles. The van der Waals surface area contributed by atoms with E-state index in [9.17, 15) is 4.79 Å². The highest BCUT2D eigenvalue weighted by Gasteiger charge is 2.19. The number of esters is 1. The number of rotatable bonds is 4. The van der Waals surface area contributed by atoms with Crippen LogP contribution in [0.1, 0.15) is 54.4 Å². The molecule has 1 aliphatic carbocycles. The maximum absolute atomic E-state index is 12.0. The molecule has 0 aliphatic heterocycles. The van der Waals surface area contributed by atoms with Gasteiger partial charge in [-0.05, 0) is 43.4 Å². The smallest absolute Gasteiger partial charge is 0.343 e. The van der Waals surface area contributed by atoms with Gasteiger partial charge in [0.15, 0.2) is 0 Å². The average molecular weight is 299 g/mol. The highest BCUT2D eigenvalue weighted by atomic mass is 16.5. The molecule has 0 amide bonds. The van der Waals surface area contributed by atoms with Gasteiger partial charge in [0.1, 0.15) is 5.56 Å². The Labute approximate surface area is 130 Å². The number of hydrogen-bond donors (Lipinski definition) is 0.